The number of nitrogens with zero attached hydrogens (tertiary/aromatic N) is 3. The van der Waals surface area contributed by atoms with Crippen molar-refractivity contribution in [3.05, 3.63) is 54.1 Å². The first-order chi connectivity index (χ1) is 14.7. The Kier molecular flexibility index (Phi) is 7.05. The molecule has 7 heteroatoms. The van der Waals surface area contributed by atoms with Crippen molar-refractivity contribution in [3.8, 4) is 22.8 Å². The van der Waals surface area contributed by atoms with E-state index in [0.29, 0.717) is 11.8 Å². The van der Waals surface area contributed by atoms with Gasteiger partial charge in [0.05, 0.1) is 11.9 Å². The summed E-state index contributed by atoms with van der Waals surface area (Å²) in [5.74, 6) is 1.49. The summed E-state index contributed by atoms with van der Waals surface area (Å²) in [5.41, 5.74) is 3.21. The van der Waals surface area contributed by atoms with E-state index in [0.717, 1.165) is 22.8 Å². The van der Waals surface area contributed by atoms with Gasteiger partial charge >= 0.3 is 0 Å². The highest BCUT2D eigenvalue weighted by molar-refractivity contribution is 8.00. The monoisotopic (exact) mass is 438 g/mol. The average Bonchev–Trinajstić information content (AvgIpc) is 3.16. The van der Waals surface area contributed by atoms with E-state index in [-0.39, 0.29) is 16.6 Å². The molecule has 6 nitrogen and oxygen atoms in total. The third-order valence-electron chi connectivity index (χ3n) is 4.95. The molecule has 0 spiro atoms. The van der Waals surface area contributed by atoms with E-state index in [1.165, 1.54) is 17.3 Å². The molecule has 0 radical (unpaired) electrons. The van der Waals surface area contributed by atoms with Crippen molar-refractivity contribution in [2.24, 2.45) is 0 Å². The number of carbonyl (C=O) groups is 1. The zero-order chi connectivity index (χ0) is 22.6. The molecular formula is C24H30N4O2S. The van der Waals surface area contributed by atoms with Crippen molar-refractivity contribution < 1.29 is 9.53 Å². The summed E-state index contributed by atoms with van der Waals surface area (Å²) in [6, 6.07) is 16.2. The molecular weight excluding hydrogens is 408 g/mol. The summed E-state index contributed by atoms with van der Waals surface area (Å²) < 4.78 is 7.57. The lowest BCUT2D eigenvalue weighted by Crippen LogP contribution is -2.27. The van der Waals surface area contributed by atoms with Crippen LogP contribution in [-0.4, -0.2) is 39.6 Å². The molecule has 31 heavy (non-hydrogen) atoms. The number of rotatable bonds is 7. The maximum atomic E-state index is 12.1. The molecule has 1 atom stereocenters. The van der Waals surface area contributed by atoms with Crippen LogP contribution in [0.1, 0.15) is 40.2 Å². The van der Waals surface area contributed by atoms with E-state index in [2.05, 4.69) is 60.6 Å². The quantitative estimate of drug-likeness (QED) is 0.534. The summed E-state index contributed by atoms with van der Waals surface area (Å²) in [6.07, 6.45) is 0. The molecule has 0 aliphatic carbocycles. The number of benzene rings is 2. The number of nitrogens with one attached hydrogen (secondary N) is 1. The SMILES string of the molecule is CCOc1ccc(-n2c(SC(C)C(=O)NC)nnc2-c2ccc(C(C)(C)C)cc2)cc1. The average molecular weight is 439 g/mol. The number of ether oxygens (including phenoxy) is 1. The molecule has 0 fully saturated rings. The van der Waals surface area contributed by atoms with Crippen LogP contribution < -0.4 is 10.1 Å². The van der Waals surface area contributed by atoms with Crippen LogP contribution in [0.4, 0.5) is 0 Å². The maximum absolute atomic E-state index is 12.1. The lowest BCUT2D eigenvalue weighted by atomic mass is 9.87. The zero-order valence-electron chi connectivity index (χ0n) is 19.0. The second kappa shape index (κ2) is 9.56. The molecule has 1 aromatic heterocycles. The van der Waals surface area contributed by atoms with E-state index >= 15 is 0 Å². The summed E-state index contributed by atoms with van der Waals surface area (Å²) in [5, 5.41) is 12.0. The minimum atomic E-state index is -0.299. The molecule has 3 aromatic rings. The van der Waals surface area contributed by atoms with Gasteiger partial charge in [0, 0.05) is 18.3 Å². The van der Waals surface area contributed by atoms with E-state index in [4.69, 9.17) is 4.74 Å². The van der Waals surface area contributed by atoms with Crippen molar-refractivity contribution in [1.82, 2.24) is 20.1 Å². The Hall–Kier alpha value is -2.80. The lowest BCUT2D eigenvalue weighted by molar-refractivity contribution is -0.119. The fourth-order valence-corrected chi connectivity index (χ4v) is 4.08. The summed E-state index contributed by atoms with van der Waals surface area (Å²) >= 11 is 1.38. The largest absolute Gasteiger partial charge is 0.494 e. The zero-order valence-corrected chi connectivity index (χ0v) is 19.8. The minimum Gasteiger partial charge on any atom is -0.494 e. The van der Waals surface area contributed by atoms with Gasteiger partial charge in [-0.3, -0.25) is 9.36 Å². The van der Waals surface area contributed by atoms with Crippen LogP contribution in [0.25, 0.3) is 17.1 Å². The molecule has 164 valence electrons. The third kappa shape index (κ3) is 5.28. The van der Waals surface area contributed by atoms with Crippen LogP contribution in [0.2, 0.25) is 0 Å². The second-order valence-electron chi connectivity index (χ2n) is 8.27. The summed E-state index contributed by atoms with van der Waals surface area (Å²) in [6.45, 7) is 11.0. The molecule has 3 rings (SSSR count). The van der Waals surface area contributed by atoms with Crippen LogP contribution in [0.15, 0.2) is 53.7 Å². The predicted molar refractivity (Wildman–Crippen MR) is 126 cm³/mol. The van der Waals surface area contributed by atoms with E-state index < -0.39 is 0 Å². The van der Waals surface area contributed by atoms with E-state index in [1.807, 2.05) is 42.7 Å². The number of amides is 1. The lowest BCUT2D eigenvalue weighted by Gasteiger charge is -2.19. The number of aromatic nitrogens is 3. The van der Waals surface area contributed by atoms with Gasteiger partial charge < -0.3 is 10.1 Å². The predicted octanol–water partition coefficient (Wildman–Crippen LogP) is 4.86. The molecule has 1 N–H and O–H groups in total. The summed E-state index contributed by atoms with van der Waals surface area (Å²) in [4.78, 5) is 12.1. The van der Waals surface area contributed by atoms with Gasteiger partial charge in [-0.15, -0.1) is 10.2 Å². The first kappa shape index (κ1) is 22.9. The molecule has 0 saturated carbocycles. The number of thioether (sulfide) groups is 1. The molecule has 0 bridgehead atoms. The van der Waals surface area contributed by atoms with Crippen LogP contribution >= 0.6 is 11.8 Å². The Bertz CT molecular complexity index is 1020. The van der Waals surface area contributed by atoms with Crippen molar-refractivity contribution in [1.29, 1.82) is 0 Å². The van der Waals surface area contributed by atoms with Gasteiger partial charge in [-0.2, -0.15) is 0 Å². The van der Waals surface area contributed by atoms with Crippen LogP contribution in [0, 0.1) is 0 Å². The Morgan fingerprint density at radius 2 is 1.74 bits per heavy atom. The Morgan fingerprint density at radius 1 is 1.10 bits per heavy atom. The van der Waals surface area contributed by atoms with Gasteiger partial charge in [0.2, 0.25) is 5.91 Å². The number of carbonyl (C=O) groups excluding carboxylic acids is 1. The molecule has 1 amide bonds. The highest BCUT2D eigenvalue weighted by Crippen LogP contribution is 2.32. The molecule has 1 unspecified atom stereocenters. The Morgan fingerprint density at radius 3 is 2.29 bits per heavy atom. The smallest absolute Gasteiger partial charge is 0.233 e. The standard InChI is InChI=1S/C24H30N4O2S/c1-7-30-20-14-12-19(13-15-20)28-21(17-8-10-18(11-9-17)24(3,4)5)26-27-23(28)31-16(2)22(29)25-6/h8-16H,7H2,1-6H3,(H,25,29). The highest BCUT2D eigenvalue weighted by atomic mass is 32.2. The molecule has 2 aromatic carbocycles. The van der Waals surface area contributed by atoms with E-state index in [1.54, 1.807) is 7.05 Å². The molecule has 0 aliphatic heterocycles. The Labute approximate surface area is 188 Å². The van der Waals surface area contributed by atoms with Crippen LogP contribution in [0.3, 0.4) is 0 Å². The van der Waals surface area contributed by atoms with Crippen molar-refractivity contribution in [2.75, 3.05) is 13.7 Å². The fourth-order valence-electron chi connectivity index (χ4n) is 3.16. The number of hydrogen-bond acceptors (Lipinski definition) is 5. The maximum Gasteiger partial charge on any atom is 0.233 e. The van der Waals surface area contributed by atoms with E-state index in [9.17, 15) is 4.79 Å². The normalized spacial score (nSPS) is 12.5. The van der Waals surface area contributed by atoms with Gasteiger partial charge in [0.1, 0.15) is 5.75 Å². The van der Waals surface area contributed by atoms with Crippen LogP contribution in [-0.2, 0) is 10.2 Å². The van der Waals surface area contributed by atoms with Gasteiger partial charge in [-0.1, -0.05) is 56.8 Å². The first-order valence-corrected chi connectivity index (χ1v) is 11.3. The Balaban J connectivity index is 2.05. The molecule has 0 saturated heterocycles. The van der Waals surface area contributed by atoms with Gasteiger partial charge in [-0.05, 0) is 49.1 Å². The van der Waals surface area contributed by atoms with Gasteiger partial charge in [-0.25, -0.2) is 0 Å². The summed E-state index contributed by atoms with van der Waals surface area (Å²) in [7, 11) is 1.64. The first-order valence-electron chi connectivity index (χ1n) is 10.4. The second-order valence-corrected chi connectivity index (χ2v) is 9.58. The molecule has 0 aliphatic rings. The fraction of sp³-hybridized carbons (Fsp3) is 0.375. The topological polar surface area (TPSA) is 69.0 Å². The van der Waals surface area contributed by atoms with Crippen molar-refractivity contribution in [2.45, 2.75) is 50.4 Å². The minimum absolute atomic E-state index is 0.0534. The van der Waals surface area contributed by atoms with Crippen LogP contribution in [0.5, 0.6) is 5.75 Å². The third-order valence-corrected chi connectivity index (χ3v) is 5.99. The van der Waals surface area contributed by atoms with Gasteiger partial charge in [0.15, 0.2) is 11.0 Å². The van der Waals surface area contributed by atoms with Crippen molar-refractivity contribution >= 4 is 17.7 Å². The number of hydrogen-bond donors (Lipinski definition) is 1. The molecule has 1 heterocycles. The highest BCUT2D eigenvalue weighted by Gasteiger charge is 2.22. The van der Waals surface area contributed by atoms with Crippen molar-refractivity contribution in [3.63, 3.8) is 0 Å². The van der Waals surface area contributed by atoms with Gasteiger partial charge in [0.25, 0.3) is 0 Å².